The number of carbonyl (C=O) groups excluding carboxylic acids is 1. The Kier molecular flexibility index (Phi) is 5.01. The van der Waals surface area contributed by atoms with E-state index in [4.69, 9.17) is 4.74 Å². The van der Waals surface area contributed by atoms with Crippen molar-refractivity contribution in [3.63, 3.8) is 0 Å². The maximum Gasteiger partial charge on any atom is 0.161 e. The molecule has 3 nitrogen and oxygen atoms in total. The van der Waals surface area contributed by atoms with Crippen LogP contribution >= 0.6 is 0 Å². The maximum atomic E-state index is 11.0. The predicted octanol–water partition coefficient (Wildman–Crippen LogP) is 3.26. The highest BCUT2D eigenvalue weighted by Crippen LogP contribution is 2.37. The summed E-state index contributed by atoms with van der Waals surface area (Å²) in [5, 5.41) is 10.0. The largest absolute Gasteiger partial charge is 0.504 e. The van der Waals surface area contributed by atoms with Gasteiger partial charge in [0, 0.05) is 12.0 Å². The van der Waals surface area contributed by atoms with E-state index in [2.05, 4.69) is 6.92 Å². The molecule has 0 spiro atoms. The molecular weight excluding hydrogens is 216 g/mol. The van der Waals surface area contributed by atoms with Crippen molar-refractivity contribution in [2.75, 3.05) is 7.11 Å². The molecule has 0 fully saturated rings. The van der Waals surface area contributed by atoms with E-state index in [0.717, 1.165) is 18.4 Å². The van der Waals surface area contributed by atoms with Gasteiger partial charge in [-0.25, -0.2) is 0 Å². The number of para-hydroxylation sites is 1. The van der Waals surface area contributed by atoms with E-state index in [-0.39, 0.29) is 17.5 Å². The summed E-state index contributed by atoms with van der Waals surface area (Å²) in [6, 6.07) is 5.49. The zero-order valence-electron chi connectivity index (χ0n) is 10.7. The number of carbonyl (C=O) groups is 1. The monoisotopic (exact) mass is 236 g/mol. The fourth-order valence-electron chi connectivity index (χ4n) is 1.99. The number of methoxy groups -OCH3 is 1. The van der Waals surface area contributed by atoms with Gasteiger partial charge < -0.3 is 14.6 Å². The summed E-state index contributed by atoms with van der Waals surface area (Å²) in [5.74, 6) is 1.08. The van der Waals surface area contributed by atoms with E-state index in [1.165, 1.54) is 7.11 Å². The van der Waals surface area contributed by atoms with Gasteiger partial charge in [-0.2, -0.15) is 0 Å². The number of ether oxygens (including phenoxy) is 1. The second-order valence-electron chi connectivity index (χ2n) is 4.24. The van der Waals surface area contributed by atoms with Gasteiger partial charge in [0.1, 0.15) is 5.78 Å². The van der Waals surface area contributed by atoms with Crippen LogP contribution in [0.2, 0.25) is 0 Å². The summed E-state index contributed by atoms with van der Waals surface area (Å²) in [7, 11) is 1.54. The van der Waals surface area contributed by atoms with Crippen LogP contribution in [0.25, 0.3) is 0 Å². The van der Waals surface area contributed by atoms with Gasteiger partial charge in [0.25, 0.3) is 0 Å². The van der Waals surface area contributed by atoms with Gasteiger partial charge in [-0.05, 0) is 31.7 Å². The smallest absolute Gasteiger partial charge is 0.161 e. The third kappa shape index (κ3) is 3.48. The highest BCUT2D eigenvalue weighted by molar-refractivity contribution is 5.75. The lowest BCUT2D eigenvalue weighted by molar-refractivity contribution is -0.117. The molecule has 0 radical (unpaired) electrons. The number of phenols is 1. The fraction of sp³-hybridized carbons (Fsp3) is 0.500. The number of ketones is 1. The van der Waals surface area contributed by atoms with Gasteiger partial charge in [-0.1, -0.05) is 19.1 Å². The number of benzene rings is 1. The summed E-state index contributed by atoms with van der Waals surface area (Å²) < 4.78 is 5.09. The molecule has 1 N–H and O–H groups in total. The SMILES string of the molecule is CCC(CCC(C)=O)c1cccc(OC)c1O. The molecule has 0 aliphatic heterocycles. The van der Waals surface area contributed by atoms with Crippen molar-refractivity contribution in [1.29, 1.82) is 0 Å². The van der Waals surface area contributed by atoms with Crippen LogP contribution in [0.4, 0.5) is 0 Å². The van der Waals surface area contributed by atoms with Gasteiger partial charge in [0.05, 0.1) is 7.11 Å². The molecule has 0 heterocycles. The second kappa shape index (κ2) is 6.28. The van der Waals surface area contributed by atoms with Gasteiger partial charge in [0.15, 0.2) is 11.5 Å². The quantitative estimate of drug-likeness (QED) is 0.824. The lowest BCUT2D eigenvalue weighted by Gasteiger charge is -2.17. The lowest BCUT2D eigenvalue weighted by Crippen LogP contribution is -2.02. The average Bonchev–Trinajstić information content (AvgIpc) is 2.31. The molecule has 0 aliphatic carbocycles. The molecule has 0 saturated heterocycles. The van der Waals surface area contributed by atoms with E-state index in [1.807, 2.05) is 12.1 Å². The topological polar surface area (TPSA) is 46.5 Å². The molecule has 1 aromatic rings. The van der Waals surface area contributed by atoms with Gasteiger partial charge in [-0.3, -0.25) is 0 Å². The van der Waals surface area contributed by atoms with E-state index in [1.54, 1.807) is 13.0 Å². The van der Waals surface area contributed by atoms with Crippen LogP contribution in [0.1, 0.15) is 44.6 Å². The van der Waals surface area contributed by atoms with Gasteiger partial charge in [0.2, 0.25) is 0 Å². The van der Waals surface area contributed by atoms with E-state index >= 15 is 0 Å². The molecule has 3 heteroatoms. The fourth-order valence-corrected chi connectivity index (χ4v) is 1.99. The van der Waals surface area contributed by atoms with Crippen molar-refractivity contribution in [2.45, 2.75) is 39.0 Å². The Bertz CT molecular complexity index is 385. The van der Waals surface area contributed by atoms with Crippen LogP contribution in [0, 0.1) is 0 Å². The van der Waals surface area contributed by atoms with Crippen LogP contribution in [0.3, 0.4) is 0 Å². The van der Waals surface area contributed by atoms with Crippen LogP contribution in [-0.2, 0) is 4.79 Å². The van der Waals surface area contributed by atoms with Gasteiger partial charge >= 0.3 is 0 Å². The van der Waals surface area contributed by atoms with E-state index < -0.39 is 0 Å². The first-order valence-corrected chi connectivity index (χ1v) is 5.95. The van der Waals surface area contributed by atoms with Crippen LogP contribution in [0.15, 0.2) is 18.2 Å². The number of aromatic hydroxyl groups is 1. The number of Topliss-reactive ketones (excluding diaryl/α,β-unsaturated/α-hetero) is 1. The van der Waals surface area contributed by atoms with E-state index in [0.29, 0.717) is 12.2 Å². The normalized spacial score (nSPS) is 12.2. The Morgan fingerprint density at radius 1 is 1.47 bits per heavy atom. The average molecular weight is 236 g/mol. The Morgan fingerprint density at radius 2 is 2.18 bits per heavy atom. The number of hydrogen-bond acceptors (Lipinski definition) is 3. The van der Waals surface area contributed by atoms with Gasteiger partial charge in [-0.15, -0.1) is 0 Å². The summed E-state index contributed by atoms with van der Waals surface area (Å²) in [6.07, 6.45) is 2.22. The predicted molar refractivity (Wildman–Crippen MR) is 67.6 cm³/mol. The third-order valence-corrected chi connectivity index (χ3v) is 3.03. The molecule has 0 aromatic heterocycles. The molecule has 17 heavy (non-hydrogen) atoms. The summed E-state index contributed by atoms with van der Waals surface area (Å²) in [4.78, 5) is 11.0. The molecule has 0 aliphatic rings. The molecular formula is C14H20O3. The first-order valence-electron chi connectivity index (χ1n) is 5.95. The summed E-state index contributed by atoms with van der Waals surface area (Å²) in [5.41, 5.74) is 0.869. The standard InChI is InChI=1S/C14H20O3/c1-4-11(9-8-10(2)15)12-6-5-7-13(17-3)14(12)16/h5-7,11,16H,4,8-9H2,1-3H3. The minimum Gasteiger partial charge on any atom is -0.504 e. The van der Waals surface area contributed by atoms with Crippen molar-refractivity contribution in [1.82, 2.24) is 0 Å². The molecule has 1 unspecified atom stereocenters. The molecule has 1 aromatic carbocycles. The molecule has 1 atom stereocenters. The summed E-state index contributed by atoms with van der Waals surface area (Å²) >= 11 is 0. The number of hydrogen-bond donors (Lipinski definition) is 1. The molecule has 0 saturated carbocycles. The Balaban J connectivity index is 2.91. The zero-order valence-corrected chi connectivity index (χ0v) is 10.7. The molecule has 94 valence electrons. The Hall–Kier alpha value is -1.51. The van der Waals surface area contributed by atoms with Crippen LogP contribution in [-0.4, -0.2) is 18.0 Å². The Labute approximate surface area is 102 Å². The molecule has 0 amide bonds. The maximum absolute atomic E-state index is 11.0. The molecule has 0 bridgehead atoms. The zero-order chi connectivity index (χ0) is 12.8. The van der Waals surface area contributed by atoms with Crippen LogP contribution < -0.4 is 4.74 Å². The van der Waals surface area contributed by atoms with E-state index in [9.17, 15) is 9.90 Å². The van der Waals surface area contributed by atoms with Crippen molar-refractivity contribution >= 4 is 5.78 Å². The van der Waals surface area contributed by atoms with Crippen LogP contribution in [0.5, 0.6) is 11.5 Å². The number of phenolic OH excluding ortho intramolecular Hbond substituents is 1. The summed E-state index contributed by atoms with van der Waals surface area (Å²) in [6.45, 7) is 3.65. The Morgan fingerprint density at radius 3 is 2.71 bits per heavy atom. The first-order chi connectivity index (χ1) is 8.10. The molecule has 1 rings (SSSR count). The van der Waals surface area contributed by atoms with Crippen molar-refractivity contribution in [2.24, 2.45) is 0 Å². The lowest BCUT2D eigenvalue weighted by atomic mass is 9.90. The highest BCUT2D eigenvalue weighted by Gasteiger charge is 2.16. The minimum absolute atomic E-state index is 0.186. The van der Waals surface area contributed by atoms with Crippen molar-refractivity contribution in [3.05, 3.63) is 23.8 Å². The first kappa shape index (κ1) is 13.6. The third-order valence-electron chi connectivity index (χ3n) is 3.03. The second-order valence-corrected chi connectivity index (χ2v) is 4.24. The van der Waals surface area contributed by atoms with Crippen molar-refractivity contribution < 1.29 is 14.6 Å². The minimum atomic E-state index is 0.186. The van der Waals surface area contributed by atoms with Crippen molar-refractivity contribution in [3.8, 4) is 11.5 Å². The highest BCUT2D eigenvalue weighted by atomic mass is 16.5. The number of rotatable bonds is 6.